The molecule has 1 amide bonds. The van der Waals surface area contributed by atoms with Gasteiger partial charge in [-0.15, -0.1) is 10.2 Å². The predicted octanol–water partition coefficient (Wildman–Crippen LogP) is 4.54. The highest BCUT2D eigenvalue weighted by Gasteiger charge is 2.38. The molecular formula is C25H24F4N4O3. The molecule has 0 saturated carbocycles. The summed E-state index contributed by atoms with van der Waals surface area (Å²) in [6.45, 7) is 3.04. The second kappa shape index (κ2) is 9.98. The zero-order chi connectivity index (χ0) is 25.3. The molecule has 0 spiro atoms. The van der Waals surface area contributed by atoms with Gasteiger partial charge >= 0.3 is 12.1 Å². The molecule has 0 radical (unpaired) electrons. The van der Waals surface area contributed by atoms with Crippen LogP contribution in [0.1, 0.15) is 24.3 Å². The van der Waals surface area contributed by atoms with Crippen LogP contribution in [-0.2, 0) is 22.3 Å². The minimum absolute atomic E-state index is 0.0178. The van der Waals surface area contributed by atoms with Crippen molar-refractivity contribution in [2.45, 2.75) is 31.6 Å². The van der Waals surface area contributed by atoms with E-state index in [0.29, 0.717) is 24.6 Å². The Morgan fingerprint density at radius 2 is 1.78 bits per heavy atom. The van der Waals surface area contributed by atoms with E-state index in [2.05, 4.69) is 19.5 Å². The summed E-state index contributed by atoms with van der Waals surface area (Å²) in [6, 6.07) is 13.3. The molecular weight excluding hydrogens is 480 g/mol. The summed E-state index contributed by atoms with van der Waals surface area (Å²) < 4.78 is 63.3. The normalized spacial score (nSPS) is 17.7. The Hall–Kier alpha value is -3.31. The highest BCUT2D eigenvalue weighted by atomic mass is 19.4. The van der Waals surface area contributed by atoms with Crippen LogP contribution in [0, 0.1) is 11.7 Å². The van der Waals surface area contributed by atoms with Gasteiger partial charge in [0.15, 0.2) is 0 Å². The van der Waals surface area contributed by atoms with Crippen LogP contribution < -0.4 is 4.90 Å². The third-order valence-corrected chi connectivity index (χ3v) is 6.65. The number of aromatic nitrogens is 2. The average Bonchev–Trinajstić information content (AvgIpc) is 3.34. The maximum absolute atomic E-state index is 15.1. The van der Waals surface area contributed by atoms with E-state index in [1.54, 1.807) is 17.0 Å². The molecule has 2 aliphatic rings. The SMILES string of the molecule is O=C(C1CCN(C2COC2)CC1)N(Cc1ccc(-c2nnc(C(F)(F)F)o2)cc1F)c1ccccc1. The third kappa shape index (κ3) is 5.12. The maximum atomic E-state index is 15.1. The van der Waals surface area contributed by atoms with Crippen molar-refractivity contribution in [2.24, 2.45) is 5.92 Å². The molecule has 1 aromatic heterocycles. The molecule has 2 aromatic carbocycles. The Labute approximate surface area is 204 Å². The first kappa shape index (κ1) is 24.4. The minimum Gasteiger partial charge on any atom is -0.413 e. The van der Waals surface area contributed by atoms with E-state index < -0.39 is 23.8 Å². The fourth-order valence-corrected chi connectivity index (χ4v) is 4.50. The summed E-state index contributed by atoms with van der Waals surface area (Å²) in [5.41, 5.74) is 0.882. The lowest BCUT2D eigenvalue weighted by Crippen LogP contribution is -2.53. The number of ether oxygens (including phenoxy) is 1. The van der Waals surface area contributed by atoms with Crippen LogP contribution in [0.5, 0.6) is 0 Å². The molecule has 11 heteroatoms. The Morgan fingerprint density at radius 3 is 2.36 bits per heavy atom. The minimum atomic E-state index is -4.79. The smallest absolute Gasteiger partial charge is 0.413 e. The van der Waals surface area contributed by atoms with Gasteiger partial charge in [-0.05, 0) is 50.2 Å². The van der Waals surface area contributed by atoms with Crippen molar-refractivity contribution in [1.29, 1.82) is 0 Å². The van der Waals surface area contributed by atoms with Gasteiger partial charge < -0.3 is 14.1 Å². The van der Waals surface area contributed by atoms with Crippen LogP contribution in [0.2, 0.25) is 0 Å². The molecule has 190 valence electrons. The number of hydrogen-bond donors (Lipinski definition) is 0. The predicted molar refractivity (Wildman–Crippen MR) is 121 cm³/mol. The van der Waals surface area contributed by atoms with Crippen LogP contribution in [0.15, 0.2) is 52.9 Å². The molecule has 0 bridgehead atoms. The summed E-state index contributed by atoms with van der Waals surface area (Å²) in [7, 11) is 0. The highest BCUT2D eigenvalue weighted by molar-refractivity contribution is 5.95. The lowest BCUT2D eigenvalue weighted by molar-refractivity contribution is -0.157. The summed E-state index contributed by atoms with van der Waals surface area (Å²) >= 11 is 0. The molecule has 3 aromatic rings. The average molecular weight is 504 g/mol. The molecule has 2 fully saturated rings. The van der Waals surface area contributed by atoms with Crippen LogP contribution in [-0.4, -0.2) is 53.3 Å². The zero-order valence-corrected chi connectivity index (χ0v) is 19.2. The Bertz CT molecular complexity index is 1210. The van der Waals surface area contributed by atoms with Gasteiger partial charge in [-0.3, -0.25) is 9.69 Å². The van der Waals surface area contributed by atoms with Crippen molar-refractivity contribution >= 4 is 11.6 Å². The number of carbonyl (C=O) groups is 1. The van der Waals surface area contributed by atoms with E-state index in [0.717, 1.165) is 32.4 Å². The highest BCUT2D eigenvalue weighted by Crippen LogP contribution is 2.32. The van der Waals surface area contributed by atoms with Crippen molar-refractivity contribution in [3.8, 4) is 11.5 Å². The summed E-state index contributed by atoms with van der Waals surface area (Å²) in [6.07, 6.45) is -3.38. The van der Waals surface area contributed by atoms with E-state index in [9.17, 15) is 18.0 Å². The second-order valence-corrected chi connectivity index (χ2v) is 8.98. The topological polar surface area (TPSA) is 71.7 Å². The molecule has 2 saturated heterocycles. The number of likely N-dealkylation sites (tertiary alicyclic amines) is 1. The van der Waals surface area contributed by atoms with E-state index in [4.69, 9.17) is 4.74 Å². The third-order valence-electron chi connectivity index (χ3n) is 6.65. The molecule has 0 unspecified atom stereocenters. The van der Waals surface area contributed by atoms with Gasteiger partial charge in [-0.25, -0.2) is 4.39 Å². The number of piperidine rings is 1. The standard InChI is InChI=1S/C25H24F4N4O3/c26-21-12-17(22-30-31-24(36-22)25(27,28)29)6-7-18(21)13-33(19-4-2-1-3-5-19)23(34)16-8-10-32(11-9-16)20-14-35-15-20/h1-7,12,16,20H,8-11,13-15H2. The van der Waals surface area contributed by atoms with E-state index in [1.165, 1.54) is 12.1 Å². The number of halogens is 4. The first-order chi connectivity index (χ1) is 17.3. The maximum Gasteiger partial charge on any atom is 0.470 e. The first-order valence-electron chi connectivity index (χ1n) is 11.7. The van der Waals surface area contributed by atoms with E-state index in [-0.39, 0.29) is 29.5 Å². The molecule has 5 rings (SSSR count). The molecule has 7 nitrogen and oxygen atoms in total. The second-order valence-electron chi connectivity index (χ2n) is 8.98. The number of amides is 1. The van der Waals surface area contributed by atoms with Crippen LogP contribution >= 0.6 is 0 Å². The van der Waals surface area contributed by atoms with Gasteiger partial charge in [0.05, 0.1) is 25.8 Å². The van der Waals surface area contributed by atoms with Gasteiger partial charge in [0.25, 0.3) is 0 Å². The van der Waals surface area contributed by atoms with Gasteiger partial charge in [-0.1, -0.05) is 24.3 Å². The fraction of sp³-hybridized carbons (Fsp3) is 0.400. The van der Waals surface area contributed by atoms with Crippen LogP contribution in [0.3, 0.4) is 0 Å². The van der Waals surface area contributed by atoms with Crippen LogP contribution in [0.4, 0.5) is 23.2 Å². The number of benzene rings is 2. The molecule has 36 heavy (non-hydrogen) atoms. The largest absolute Gasteiger partial charge is 0.470 e. The van der Waals surface area contributed by atoms with Crippen molar-refractivity contribution in [2.75, 3.05) is 31.2 Å². The Kier molecular flexibility index (Phi) is 6.76. The molecule has 3 heterocycles. The van der Waals surface area contributed by atoms with Crippen LogP contribution in [0.25, 0.3) is 11.5 Å². The van der Waals surface area contributed by atoms with Gasteiger partial charge in [0.1, 0.15) is 5.82 Å². The number of rotatable bonds is 6. The monoisotopic (exact) mass is 504 g/mol. The number of nitrogens with zero attached hydrogens (tertiary/aromatic N) is 4. The Balaban J connectivity index is 1.34. The van der Waals surface area contributed by atoms with Crippen molar-refractivity contribution < 1.29 is 31.5 Å². The Morgan fingerprint density at radius 1 is 1.06 bits per heavy atom. The van der Waals surface area contributed by atoms with Gasteiger partial charge in [-0.2, -0.15) is 13.2 Å². The molecule has 0 N–H and O–H groups in total. The zero-order valence-electron chi connectivity index (χ0n) is 19.2. The fourth-order valence-electron chi connectivity index (χ4n) is 4.50. The van der Waals surface area contributed by atoms with Gasteiger partial charge in [0, 0.05) is 22.7 Å². The number of para-hydroxylation sites is 1. The summed E-state index contributed by atoms with van der Waals surface area (Å²) in [5, 5.41) is 6.35. The number of hydrogen-bond acceptors (Lipinski definition) is 6. The molecule has 0 aliphatic carbocycles. The number of alkyl halides is 3. The molecule has 2 aliphatic heterocycles. The first-order valence-corrected chi connectivity index (χ1v) is 11.7. The van der Waals surface area contributed by atoms with E-state index in [1.807, 2.05) is 18.2 Å². The van der Waals surface area contributed by atoms with Crippen molar-refractivity contribution in [3.63, 3.8) is 0 Å². The van der Waals surface area contributed by atoms with Crippen molar-refractivity contribution in [1.82, 2.24) is 15.1 Å². The lowest BCUT2D eigenvalue weighted by Gasteiger charge is -2.41. The van der Waals surface area contributed by atoms with E-state index >= 15 is 4.39 Å². The quantitative estimate of drug-likeness (QED) is 0.459. The summed E-state index contributed by atoms with van der Waals surface area (Å²) in [5.74, 6) is -2.90. The number of carbonyl (C=O) groups excluding carboxylic acids is 1. The lowest BCUT2D eigenvalue weighted by atomic mass is 9.93. The number of anilines is 1. The van der Waals surface area contributed by atoms with Gasteiger partial charge in [0.2, 0.25) is 11.8 Å². The molecule has 0 atom stereocenters. The van der Waals surface area contributed by atoms with Crippen molar-refractivity contribution in [3.05, 3.63) is 65.8 Å². The summed E-state index contributed by atoms with van der Waals surface area (Å²) in [4.78, 5) is 17.5.